The van der Waals surface area contributed by atoms with Crippen molar-refractivity contribution in [3.8, 4) is 5.75 Å². The molecule has 0 amide bonds. The Kier molecular flexibility index (Phi) is 7.26. The SMILES string of the molecule is CC(C)(C)c1cc(C(=O)Cn2ccn(Cc3ccccc3)/c2=N\c2ccccc2)cc(C(C)(C)C)c1O. The fourth-order valence-electron chi connectivity index (χ4n) is 4.42. The van der Waals surface area contributed by atoms with Gasteiger partial charge in [-0.1, -0.05) is 90.1 Å². The molecule has 0 unspecified atom stereocenters. The highest BCUT2D eigenvalue weighted by Crippen LogP contribution is 2.39. The number of carbonyl (C=O) groups is 1. The van der Waals surface area contributed by atoms with Gasteiger partial charge in [0.15, 0.2) is 5.78 Å². The first-order chi connectivity index (χ1) is 17.4. The van der Waals surface area contributed by atoms with Crippen molar-refractivity contribution < 1.29 is 9.90 Å². The highest BCUT2D eigenvalue weighted by molar-refractivity contribution is 5.96. The summed E-state index contributed by atoms with van der Waals surface area (Å²) in [6.45, 7) is 13.1. The number of phenols is 1. The molecule has 0 spiro atoms. The molecule has 192 valence electrons. The van der Waals surface area contributed by atoms with Crippen LogP contribution >= 0.6 is 0 Å². The molecule has 0 saturated carbocycles. The molecular formula is C32H37N3O2. The van der Waals surface area contributed by atoms with Crippen molar-refractivity contribution in [2.45, 2.75) is 65.5 Å². The first-order valence-electron chi connectivity index (χ1n) is 12.7. The van der Waals surface area contributed by atoms with E-state index in [9.17, 15) is 9.90 Å². The lowest BCUT2D eigenvalue weighted by atomic mass is 9.78. The van der Waals surface area contributed by atoms with E-state index in [1.54, 1.807) is 0 Å². The van der Waals surface area contributed by atoms with Gasteiger partial charge >= 0.3 is 0 Å². The molecule has 3 aromatic carbocycles. The summed E-state index contributed by atoms with van der Waals surface area (Å²) >= 11 is 0. The Hall–Kier alpha value is -3.86. The minimum absolute atomic E-state index is 0.0250. The largest absolute Gasteiger partial charge is 0.507 e. The molecule has 0 aliphatic carbocycles. The Morgan fingerprint density at radius 2 is 1.30 bits per heavy atom. The van der Waals surface area contributed by atoms with Gasteiger partial charge in [0.05, 0.1) is 18.8 Å². The summed E-state index contributed by atoms with van der Waals surface area (Å²) in [6.07, 6.45) is 3.89. The summed E-state index contributed by atoms with van der Waals surface area (Å²) in [5.74, 6) is 0.251. The second kappa shape index (κ2) is 10.3. The Bertz CT molecular complexity index is 1410. The Labute approximate surface area is 219 Å². The van der Waals surface area contributed by atoms with E-state index >= 15 is 0 Å². The van der Waals surface area contributed by atoms with E-state index in [1.165, 1.54) is 0 Å². The quantitative estimate of drug-likeness (QED) is 0.301. The van der Waals surface area contributed by atoms with Crippen LogP contribution < -0.4 is 5.62 Å². The predicted octanol–water partition coefficient (Wildman–Crippen LogP) is 6.75. The zero-order valence-corrected chi connectivity index (χ0v) is 22.7. The second-order valence-electron chi connectivity index (χ2n) is 11.6. The Balaban J connectivity index is 1.77. The average molecular weight is 496 g/mol. The van der Waals surface area contributed by atoms with Crippen molar-refractivity contribution in [3.63, 3.8) is 0 Å². The van der Waals surface area contributed by atoms with E-state index in [-0.39, 0.29) is 28.9 Å². The second-order valence-corrected chi connectivity index (χ2v) is 11.6. The van der Waals surface area contributed by atoms with Crippen LogP contribution in [-0.2, 0) is 23.9 Å². The first kappa shape index (κ1) is 26.2. The van der Waals surface area contributed by atoms with Crippen LogP contribution in [0.15, 0.2) is 90.2 Å². The van der Waals surface area contributed by atoms with Crippen molar-refractivity contribution in [1.82, 2.24) is 9.13 Å². The van der Waals surface area contributed by atoms with Crippen LogP contribution in [-0.4, -0.2) is 20.0 Å². The van der Waals surface area contributed by atoms with Crippen LogP contribution in [0.2, 0.25) is 0 Å². The molecule has 0 saturated heterocycles. The van der Waals surface area contributed by atoms with Gasteiger partial charge in [-0.15, -0.1) is 0 Å². The lowest BCUT2D eigenvalue weighted by Crippen LogP contribution is -2.29. The zero-order valence-electron chi connectivity index (χ0n) is 22.7. The van der Waals surface area contributed by atoms with E-state index in [0.717, 1.165) is 22.4 Å². The van der Waals surface area contributed by atoms with E-state index in [2.05, 4.69) is 58.2 Å². The number of aromatic hydroxyl groups is 1. The highest BCUT2D eigenvalue weighted by Gasteiger charge is 2.28. The van der Waals surface area contributed by atoms with Crippen molar-refractivity contribution in [2.24, 2.45) is 4.99 Å². The molecule has 4 aromatic rings. The molecule has 0 atom stereocenters. The molecule has 5 heteroatoms. The van der Waals surface area contributed by atoms with Crippen LogP contribution in [0.4, 0.5) is 5.69 Å². The number of benzene rings is 3. The van der Waals surface area contributed by atoms with Crippen molar-refractivity contribution in [3.05, 3.63) is 113 Å². The fraction of sp³-hybridized carbons (Fsp3) is 0.312. The molecular weight excluding hydrogens is 458 g/mol. The summed E-state index contributed by atoms with van der Waals surface area (Å²) in [7, 11) is 0. The number of para-hydroxylation sites is 1. The number of rotatable bonds is 6. The van der Waals surface area contributed by atoms with Crippen molar-refractivity contribution in [2.75, 3.05) is 0 Å². The molecule has 0 aliphatic heterocycles. The number of hydrogen-bond donors (Lipinski definition) is 1. The van der Waals surface area contributed by atoms with Crippen LogP contribution in [0.25, 0.3) is 0 Å². The number of hydrogen-bond acceptors (Lipinski definition) is 3. The maximum absolute atomic E-state index is 13.7. The summed E-state index contributed by atoms with van der Waals surface area (Å²) in [5, 5.41) is 11.1. The molecule has 5 nitrogen and oxygen atoms in total. The Morgan fingerprint density at radius 3 is 1.84 bits per heavy atom. The lowest BCUT2D eigenvalue weighted by Gasteiger charge is -2.28. The number of carbonyl (C=O) groups excluding carboxylic acids is 1. The van der Waals surface area contributed by atoms with Gasteiger partial charge < -0.3 is 14.2 Å². The summed E-state index contributed by atoms with van der Waals surface area (Å²) in [6, 6.07) is 23.7. The third-order valence-corrected chi connectivity index (χ3v) is 6.48. The summed E-state index contributed by atoms with van der Waals surface area (Å²) < 4.78 is 3.96. The van der Waals surface area contributed by atoms with Gasteiger partial charge in [-0.05, 0) is 40.7 Å². The molecule has 0 radical (unpaired) electrons. The normalized spacial score (nSPS) is 12.6. The molecule has 0 bridgehead atoms. The van der Waals surface area contributed by atoms with Crippen LogP contribution in [0.5, 0.6) is 5.75 Å². The van der Waals surface area contributed by atoms with E-state index in [0.29, 0.717) is 17.7 Å². The maximum atomic E-state index is 13.7. The maximum Gasteiger partial charge on any atom is 0.210 e. The van der Waals surface area contributed by atoms with Gasteiger partial charge in [0.2, 0.25) is 5.62 Å². The van der Waals surface area contributed by atoms with Crippen LogP contribution in [0.1, 0.15) is 68.6 Å². The van der Waals surface area contributed by atoms with Crippen LogP contribution in [0.3, 0.4) is 0 Å². The standard InChI is InChI=1S/C32H37N3O2/c1-31(2,3)26-19-24(20-27(29(26)37)32(4,5)6)28(36)22-35-18-17-34(21-23-13-9-7-10-14-23)30(35)33-25-15-11-8-12-16-25/h7-20,37H,21-22H2,1-6H3/b33-30+. The zero-order chi connectivity index (χ0) is 26.8. The minimum Gasteiger partial charge on any atom is -0.507 e. The monoisotopic (exact) mass is 495 g/mol. The van der Waals surface area contributed by atoms with Crippen LogP contribution in [0, 0.1) is 0 Å². The van der Waals surface area contributed by atoms with Gasteiger partial charge in [-0.2, -0.15) is 0 Å². The van der Waals surface area contributed by atoms with E-state index in [4.69, 9.17) is 4.99 Å². The van der Waals surface area contributed by atoms with E-state index in [1.807, 2.05) is 77.6 Å². The molecule has 0 fully saturated rings. The number of aromatic nitrogens is 2. The number of Topliss-reactive ketones (excluding diaryl/α,β-unsaturated/α-hetero) is 1. The van der Waals surface area contributed by atoms with Gasteiger partial charge in [0.1, 0.15) is 5.75 Å². The van der Waals surface area contributed by atoms with Gasteiger partial charge in [-0.25, -0.2) is 4.99 Å². The molecule has 1 aromatic heterocycles. The first-order valence-corrected chi connectivity index (χ1v) is 12.7. The minimum atomic E-state index is -0.305. The smallest absolute Gasteiger partial charge is 0.210 e. The highest BCUT2D eigenvalue weighted by atomic mass is 16.3. The molecule has 4 rings (SSSR count). The summed E-state index contributed by atoms with van der Waals surface area (Å²) in [5.41, 5.74) is 4.24. The molecule has 37 heavy (non-hydrogen) atoms. The molecule has 1 heterocycles. The van der Waals surface area contributed by atoms with Gasteiger partial charge in [-0.3, -0.25) is 4.79 Å². The number of imidazole rings is 1. The van der Waals surface area contributed by atoms with Crippen molar-refractivity contribution in [1.29, 1.82) is 0 Å². The fourth-order valence-corrected chi connectivity index (χ4v) is 4.42. The third kappa shape index (κ3) is 6.11. The number of phenolic OH excluding ortho intramolecular Hbond substituents is 1. The van der Waals surface area contributed by atoms with Crippen molar-refractivity contribution >= 4 is 11.5 Å². The predicted molar refractivity (Wildman–Crippen MR) is 149 cm³/mol. The molecule has 0 aliphatic rings. The Morgan fingerprint density at radius 1 is 0.784 bits per heavy atom. The van der Waals surface area contributed by atoms with E-state index < -0.39 is 0 Å². The summed E-state index contributed by atoms with van der Waals surface area (Å²) in [4.78, 5) is 18.6. The van der Waals surface area contributed by atoms with Gasteiger partial charge in [0.25, 0.3) is 0 Å². The number of ketones is 1. The average Bonchev–Trinajstić information content (AvgIpc) is 3.19. The lowest BCUT2D eigenvalue weighted by molar-refractivity contribution is 0.0970. The topological polar surface area (TPSA) is 59.5 Å². The van der Waals surface area contributed by atoms with Gasteiger partial charge in [0, 0.05) is 29.1 Å². The third-order valence-electron chi connectivity index (χ3n) is 6.48. The number of nitrogens with zero attached hydrogens (tertiary/aromatic N) is 3. The molecule has 1 N–H and O–H groups in total.